The number of aliphatic carboxylic acids is 1. The van der Waals surface area contributed by atoms with Gasteiger partial charge < -0.3 is 15.3 Å². The largest absolute Gasteiger partial charge is 0.479 e. The number of aliphatic hydroxyl groups is 2. The van der Waals surface area contributed by atoms with Gasteiger partial charge in [-0.3, -0.25) is 0 Å². The van der Waals surface area contributed by atoms with E-state index in [4.69, 9.17) is 5.11 Å². The van der Waals surface area contributed by atoms with E-state index in [-0.39, 0.29) is 0 Å². The number of rotatable bonds is 24. The molecule has 0 spiro atoms. The summed E-state index contributed by atoms with van der Waals surface area (Å²) in [6.07, 6.45) is 25.5. The summed E-state index contributed by atoms with van der Waals surface area (Å²) >= 11 is 0. The van der Waals surface area contributed by atoms with Crippen LogP contribution in [-0.4, -0.2) is 33.5 Å². The van der Waals surface area contributed by atoms with Gasteiger partial charge in [-0.05, 0) is 6.42 Å². The highest BCUT2D eigenvalue weighted by Crippen LogP contribution is 2.15. The SMILES string of the molecule is CCCCCCCCCCCCCCCCCCCCCCC[C@@H](O)[C@@H](O)C(=O)O. The second kappa shape index (κ2) is 23.1. The Morgan fingerprint density at radius 3 is 1.07 bits per heavy atom. The third-order valence-corrected chi connectivity index (χ3v) is 6.22. The van der Waals surface area contributed by atoms with Crippen molar-refractivity contribution in [3.8, 4) is 0 Å². The first-order chi connectivity index (χ1) is 14.6. The molecule has 4 heteroatoms. The molecule has 0 aliphatic heterocycles. The van der Waals surface area contributed by atoms with Crippen LogP contribution >= 0.6 is 0 Å². The van der Waals surface area contributed by atoms with Crippen molar-refractivity contribution >= 4 is 5.97 Å². The molecule has 30 heavy (non-hydrogen) atoms. The van der Waals surface area contributed by atoms with Gasteiger partial charge in [0.2, 0.25) is 0 Å². The van der Waals surface area contributed by atoms with Crippen molar-refractivity contribution in [2.24, 2.45) is 0 Å². The number of unbranched alkanes of at least 4 members (excludes halogenated alkanes) is 20. The molecule has 0 aliphatic rings. The maximum absolute atomic E-state index is 10.5. The summed E-state index contributed by atoms with van der Waals surface area (Å²) in [6, 6.07) is 0. The molecule has 0 saturated heterocycles. The van der Waals surface area contributed by atoms with E-state index >= 15 is 0 Å². The lowest BCUT2D eigenvalue weighted by Gasteiger charge is -2.13. The molecule has 0 amide bonds. The zero-order valence-electron chi connectivity index (χ0n) is 20.0. The van der Waals surface area contributed by atoms with Gasteiger partial charge in [0, 0.05) is 0 Å². The molecule has 0 heterocycles. The molecule has 0 aromatic rings. The molecule has 0 aromatic heterocycles. The highest BCUT2D eigenvalue weighted by molar-refractivity contribution is 5.72. The fraction of sp³-hybridized carbons (Fsp3) is 0.962. The average molecular weight is 429 g/mol. The molecular formula is C26H52O4. The topological polar surface area (TPSA) is 77.8 Å². The zero-order chi connectivity index (χ0) is 22.3. The Morgan fingerprint density at radius 1 is 0.533 bits per heavy atom. The monoisotopic (exact) mass is 428 g/mol. The third kappa shape index (κ3) is 20.7. The van der Waals surface area contributed by atoms with Crippen molar-refractivity contribution < 1.29 is 20.1 Å². The molecule has 180 valence electrons. The van der Waals surface area contributed by atoms with Crippen molar-refractivity contribution in [2.45, 2.75) is 160 Å². The van der Waals surface area contributed by atoms with Crippen LogP contribution in [0.15, 0.2) is 0 Å². The minimum Gasteiger partial charge on any atom is -0.479 e. The Kier molecular flexibility index (Phi) is 22.6. The van der Waals surface area contributed by atoms with Gasteiger partial charge in [0.15, 0.2) is 6.10 Å². The molecule has 0 unspecified atom stereocenters. The number of hydrogen-bond acceptors (Lipinski definition) is 3. The quantitative estimate of drug-likeness (QED) is 0.140. The van der Waals surface area contributed by atoms with Crippen LogP contribution < -0.4 is 0 Å². The molecular weight excluding hydrogens is 376 g/mol. The van der Waals surface area contributed by atoms with Crippen molar-refractivity contribution in [1.29, 1.82) is 0 Å². The number of carboxylic acid groups (broad SMARTS) is 1. The maximum Gasteiger partial charge on any atom is 0.335 e. The van der Waals surface area contributed by atoms with E-state index < -0.39 is 18.2 Å². The van der Waals surface area contributed by atoms with E-state index in [1.807, 2.05) is 0 Å². The Hall–Kier alpha value is -0.610. The first kappa shape index (κ1) is 29.4. The predicted molar refractivity (Wildman–Crippen MR) is 127 cm³/mol. The predicted octanol–water partition coefficient (Wildman–Crippen LogP) is 7.39. The second-order valence-corrected chi connectivity index (χ2v) is 9.21. The Labute approximate surface area is 186 Å². The van der Waals surface area contributed by atoms with Crippen molar-refractivity contribution in [2.75, 3.05) is 0 Å². The molecule has 0 aromatic carbocycles. The molecule has 0 bridgehead atoms. The van der Waals surface area contributed by atoms with Crippen LogP contribution in [0.3, 0.4) is 0 Å². The van der Waals surface area contributed by atoms with Crippen LogP contribution in [0, 0.1) is 0 Å². The molecule has 0 fully saturated rings. The standard InChI is InChI=1S/C26H52O4/c1-2-3-4-5-6-7-8-9-10-11-12-13-14-15-16-17-18-19-20-21-22-23-24(27)25(28)26(29)30/h24-25,27-28H,2-23H2,1H3,(H,29,30)/t24-,25-/m1/s1. The van der Waals surface area contributed by atoms with Crippen molar-refractivity contribution in [3.05, 3.63) is 0 Å². The van der Waals surface area contributed by atoms with Gasteiger partial charge in [-0.2, -0.15) is 0 Å². The van der Waals surface area contributed by atoms with Crippen LogP contribution in [0.4, 0.5) is 0 Å². The Balaban J connectivity index is 3.12. The third-order valence-electron chi connectivity index (χ3n) is 6.22. The smallest absolute Gasteiger partial charge is 0.335 e. The van der Waals surface area contributed by atoms with Crippen LogP contribution in [0.5, 0.6) is 0 Å². The lowest BCUT2D eigenvalue weighted by atomic mass is 10.0. The summed E-state index contributed by atoms with van der Waals surface area (Å²) < 4.78 is 0. The van der Waals surface area contributed by atoms with Gasteiger partial charge in [-0.25, -0.2) is 4.79 Å². The van der Waals surface area contributed by atoms with E-state index in [0.717, 1.165) is 19.3 Å². The van der Waals surface area contributed by atoms with E-state index in [9.17, 15) is 15.0 Å². The fourth-order valence-electron chi connectivity index (χ4n) is 4.11. The van der Waals surface area contributed by atoms with Gasteiger partial charge in [0.25, 0.3) is 0 Å². The number of hydrogen-bond donors (Lipinski definition) is 3. The van der Waals surface area contributed by atoms with E-state index in [0.29, 0.717) is 6.42 Å². The van der Waals surface area contributed by atoms with Gasteiger partial charge in [-0.1, -0.05) is 142 Å². The first-order valence-electron chi connectivity index (χ1n) is 13.2. The molecule has 3 N–H and O–H groups in total. The zero-order valence-corrected chi connectivity index (χ0v) is 20.0. The van der Waals surface area contributed by atoms with Crippen LogP contribution in [-0.2, 0) is 4.79 Å². The van der Waals surface area contributed by atoms with Crippen LogP contribution in [0.25, 0.3) is 0 Å². The minimum absolute atomic E-state index is 0.368. The molecule has 0 aliphatic carbocycles. The van der Waals surface area contributed by atoms with E-state index in [2.05, 4.69) is 6.92 Å². The molecule has 2 atom stereocenters. The van der Waals surface area contributed by atoms with Crippen molar-refractivity contribution in [3.63, 3.8) is 0 Å². The van der Waals surface area contributed by atoms with E-state index in [1.54, 1.807) is 0 Å². The summed E-state index contributed by atoms with van der Waals surface area (Å²) in [5.74, 6) is -1.34. The minimum atomic E-state index is -1.64. The lowest BCUT2D eigenvalue weighted by Crippen LogP contribution is -2.33. The van der Waals surface area contributed by atoms with Crippen LogP contribution in [0.1, 0.15) is 148 Å². The maximum atomic E-state index is 10.5. The van der Waals surface area contributed by atoms with Gasteiger partial charge in [0.1, 0.15) is 0 Å². The second-order valence-electron chi connectivity index (χ2n) is 9.21. The molecule has 4 nitrogen and oxygen atoms in total. The normalized spacial score (nSPS) is 13.4. The summed E-state index contributed by atoms with van der Waals surface area (Å²) in [7, 11) is 0. The average Bonchev–Trinajstić information content (AvgIpc) is 2.74. The van der Waals surface area contributed by atoms with Gasteiger partial charge in [-0.15, -0.1) is 0 Å². The Morgan fingerprint density at radius 2 is 0.800 bits per heavy atom. The lowest BCUT2D eigenvalue weighted by molar-refractivity contribution is -0.153. The summed E-state index contributed by atoms with van der Waals surface area (Å²) in [6.45, 7) is 2.28. The highest BCUT2D eigenvalue weighted by Gasteiger charge is 2.22. The fourth-order valence-corrected chi connectivity index (χ4v) is 4.11. The summed E-state index contributed by atoms with van der Waals surface area (Å²) in [5, 5.41) is 27.3. The summed E-state index contributed by atoms with van der Waals surface area (Å²) in [4.78, 5) is 10.5. The Bertz CT molecular complexity index is 359. The molecule has 0 radical (unpaired) electrons. The molecule has 0 rings (SSSR count). The summed E-state index contributed by atoms with van der Waals surface area (Å²) in [5.41, 5.74) is 0. The first-order valence-corrected chi connectivity index (χ1v) is 13.2. The highest BCUT2D eigenvalue weighted by atomic mass is 16.4. The number of carbonyl (C=O) groups is 1. The van der Waals surface area contributed by atoms with E-state index in [1.165, 1.54) is 116 Å². The van der Waals surface area contributed by atoms with Crippen LogP contribution in [0.2, 0.25) is 0 Å². The number of aliphatic hydroxyl groups excluding tert-OH is 2. The van der Waals surface area contributed by atoms with Gasteiger partial charge >= 0.3 is 5.97 Å². The number of carboxylic acids is 1. The van der Waals surface area contributed by atoms with Crippen molar-refractivity contribution in [1.82, 2.24) is 0 Å². The molecule has 0 saturated carbocycles. The van der Waals surface area contributed by atoms with Gasteiger partial charge in [0.05, 0.1) is 6.10 Å².